The van der Waals surface area contributed by atoms with Gasteiger partial charge in [-0.15, -0.1) is 0 Å². The first-order chi connectivity index (χ1) is 14.6. The van der Waals surface area contributed by atoms with Crippen molar-refractivity contribution in [2.45, 2.75) is 16.8 Å². The Bertz CT molecular complexity index is 1010. The number of rotatable bonds is 6. The third-order valence-electron chi connectivity index (χ3n) is 5.08. The van der Waals surface area contributed by atoms with Crippen LogP contribution in [0, 0.1) is 0 Å². The number of hydrogen-bond acceptors (Lipinski definition) is 6. The molecule has 0 spiro atoms. The van der Waals surface area contributed by atoms with Gasteiger partial charge in [0.25, 0.3) is 0 Å². The van der Waals surface area contributed by atoms with E-state index in [1.807, 2.05) is 54.6 Å². The Balaban J connectivity index is 1.71. The molecule has 0 aliphatic carbocycles. The number of morpholine rings is 1. The van der Waals surface area contributed by atoms with Crippen LogP contribution in [0.3, 0.4) is 0 Å². The van der Waals surface area contributed by atoms with Gasteiger partial charge in [-0.1, -0.05) is 60.3 Å². The summed E-state index contributed by atoms with van der Waals surface area (Å²) in [6.07, 6.45) is 0. The lowest BCUT2D eigenvalue weighted by Gasteiger charge is -2.26. The van der Waals surface area contributed by atoms with Gasteiger partial charge in [0.2, 0.25) is 5.91 Å². The average molecular weight is 423 g/mol. The smallest absolute Gasteiger partial charge is 0.240 e. The second-order valence-electron chi connectivity index (χ2n) is 7.49. The Morgan fingerprint density at radius 3 is 2.50 bits per heavy atom. The van der Waals surface area contributed by atoms with Gasteiger partial charge >= 0.3 is 0 Å². The van der Waals surface area contributed by atoms with Crippen molar-refractivity contribution in [3.8, 4) is 0 Å². The van der Waals surface area contributed by atoms with Crippen LogP contribution in [-0.2, 0) is 16.1 Å². The lowest BCUT2D eigenvalue weighted by Crippen LogP contribution is -2.36. The van der Waals surface area contributed by atoms with E-state index in [0.29, 0.717) is 6.54 Å². The first-order valence-corrected chi connectivity index (χ1v) is 11.0. The number of aromatic nitrogens is 2. The van der Waals surface area contributed by atoms with E-state index < -0.39 is 0 Å². The van der Waals surface area contributed by atoms with Crippen molar-refractivity contribution in [2.75, 3.05) is 40.4 Å². The zero-order valence-electron chi connectivity index (χ0n) is 17.3. The van der Waals surface area contributed by atoms with Crippen molar-refractivity contribution < 1.29 is 9.53 Å². The predicted octanol–water partition coefficient (Wildman–Crippen LogP) is 3.38. The topological polar surface area (TPSA) is 58.6 Å². The van der Waals surface area contributed by atoms with Gasteiger partial charge in [0.1, 0.15) is 16.1 Å². The Morgan fingerprint density at radius 2 is 1.77 bits per heavy atom. The van der Waals surface area contributed by atoms with Gasteiger partial charge < -0.3 is 9.64 Å². The standard InChI is InChI=1S/C23H26N4O2S/c1-26(2)23(28)21(17-8-4-3-5-9-17)30-22-18-10-6-7-11-19(18)24-20(25-22)16-27-12-14-29-15-13-27/h3-11,21H,12-16H2,1-2H3/t21-/m0/s1. The van der Waals surface area contributed by atoms with Gasteiger partial charge in [-0.3, -0.25) is 9.69 Å². The molecule has 0 N–H and O–H groups in total. The van der Waals surface area contributed by atoms with E-state index in [1.165, 1.54) is 11.8 Å². The van der Waals surface area contributed by atoms with Crippen LogP contribution >= 0.6 is 11.8 Å². The van der Waals surface area contributed by atoms with Gasteiger partial charge in [-0.25, -0.2) is 9.97 Å². The molecule has 156 valence electrons. The van der Waals surface area contributed by atoms with Gasteiger partial charge in [-0.2, -0.15) is 0 Å². The Kier molecular flexibility index (Phi) is 6.62. The molecule has 0 radical (unpaired) electrons. The first-order valence-electron chi connectivity index (χ1n) is 10.1. The molecular formula is C23H26N4O2S. The van der Waals surface area contributed by atoms with Crippen LogP contribution in [-0.4, -0.2) is 66.1 Å². The summed E-state index contributed by atoms with van der Waals surface area (Å²) in [6, 6.07) is 17.9. The van der Waals surface area contributed by atoms with E-state index in [1.54, 1.807) is 19.0 Å². The number of thioether (sulfide) groups is 1. The molecule has 7 heteroatoms. The van der Waals surface area contributed by atoms with E-state index in [4.69, 9.17) is 14.7 Å². The zero-order valence-corrected chi connectivity index (χ0v) is 18.1. The molecule has 4 rings (SSSR count). The Labute approximate surface area is 181 Å². The molecule has 0 bridgehead atoms. The first kappa shape index (κ1) is 20.8. The summed E-state index contributed by atoms with van der Waals surface area (Å²) < 4.78 is 5.45. The van der Waals surface area contributed by atoms with Crippen molar-refractivity contribution in [3.63, 3.8) is 0 Å². The van der Waals surface area contributed by atoms with Gasteiger partial charge in [-0.05, 0) is 11.6 Å². The van der Waals surface area contributed by atoms with Crippen molar-refractivity contribution in [3.05, 3.63) is 66.0 Å². The summed E-state index contributed by atoms with van der Waals surface area (Å²) in [5.41, 5.74) is 1.88. The molecule has 30 heavy (non-hydrogen) atoms. The molecule has 3 aromatic rings. The van der Waals surface area contributed by atoms with Gasteiger partial charge in [0, 0.05) is 32.6 Å². The van der Waals surface area contributed by atoms with Crippen LogP contribution in [0.4, 0.5) is 0 Å². The molecule has 1 amide bonds. The van der Waals surface area contributed by atoms with E-state index in [2.05, 4.69) is 4.90 Å². The Morgan fingerprint density at radius 1 is 1.07 bits per heavy atom. The Hall–Kier alpha value is -2.48. The SMILES string of the molecule is CN(C)C(=O)[C@@H](Sc1nc(CN2CCOCC2)nc2ccccc12)c1ccccc1. The van der Waals surface area contributed by atoms with E-state index in [9.17, 15) is 4.79 Å². The minimum atomic E-state index is -0.365. The van der Waals surface area contributed by atoms with Crippen LogP contribution < -0.4 is 0 Å². The second-order valence-corrected chi connectivity index (χ2v) is 8.59. The lowest BCUT2D eigenvalue weighted by molar-refractivity contribution is -0.128. The maximum absolute atomic E-state index is 13.0. The molecule has 1 aromatic heterocycles. The minimum Gasteiger partial charge on any atom is -0.379 e. The van der Waals surface area contributed by atoms with Crippen molar-refractivity contribution in [1.82, 2.24) is 19.8 Å². The fourth-order valence-electron chi connectivity index (χ4n) is 3.45. The highest BCUT2D eigenvalue weighted by Gasteiger charge is 2.25. The molecular weight excluding hydrogens is 396 g/mol. The lowest BCUT2D eigenvalue weighted by atomic mass is 10.1. The maximum atomic E-state index is 13.0. The summed E-state index contributed by atoms with van der Waals surface area (Å²) in [5.74, 6) is 0.825. The number of benzene rings is 2. The fraction of sp³-hybridized carbons (Fsp3) is 0.348. The van der Waals surface area contributed by atoms with Crippen LogP contribution in [0.1, 0.15) is 16.6 Å². The molecule has 2 aromatic carbocycles. The summed E-state index contributed by atoms with van der Waals surface area (Å²) in [4.78, 5) is 26.7. The normalized spacial score (nSPS) is 15.8. The highest BCUT2D eigenvalue weighted by atomic mass is 32.2. The van der Waals surface area contributed by atoms with Crippen molar-refractivity contribution >= 4 is 28.6 Å². The second kappa shape index (κ2) is 9.55. The third kappa shape index (κ3) is 4.80. The number of carbonyl (C=O) groups excluding carboxylic acids is 1. The monoisotopic (exact) mass is 422 g/mol. The maximum Gasteiger partial charge on any atom is 0.240 e. The molecule has 1 fully saturated rings. The van der Waals surface area contributed by atoms with E-state index in [0.717, 1.165) is 53.6 Å². The van der Waals surface area contributed by atoms with Gasteiger partial charge in [0.05, 0.1) is 25.3 Å². The summed E-state index contributed by atoms with van der Waals surface area (Å²) in [7, 11) is 3.58. The van der Waals surface area contributed by atoms with E-state index in [-0.39, 0.29) is 11.2 Å². The van der Waals surface area contributed by atoms with Crippen molar-refractivity contribution in [2.24, 2.45) is 0 Å². The van der Waals surface area contributed by atoms with Crippen LogP contribution in [0.25, 0.3) is 10.9 Å². The fourth-order valence-corrected chi connectivity index (χ4v) is 4.73. The zero-order chi connectivity index (χ0) is 20.9. The van der Waals surface area contributed by atoms with Crippen LogP contribution in [0.15, 0.2) is 59.6 Å². The molecule has 0 saturated carbocycles. The molecule has 6 nitrogen and oxygen atoms in total. The highest BCUT2D eigenvalue weighted by Crippen LogP contribution is 2.38. The van der Waals surface area contributed by atoms with Crippen molar-refractivity contribution in [1.29, 1.82) is 0 Å². The number of ether oxygens (including phenoxy) is 1. The minimum absolute atomic E-state index is 0.0450. The molecule has 1 aliphatic rings. The molecule has 1 atom stereocenters. The number of para-hydroxylation sites is 1. The summed E-state index contributed by atoms with van der Waals surface area (Å²) >= 11 is 1.50. The van der Waals surface area contributed by atoms with Gasteiger partial charge in [0.15, 0.2) is 0 Å². The number of amides is 1. The molecule has 2 heterocycles. The number of likely N-dealkylation sites (N-methyl/N-ethyl adjacent to an activating group) is 1. The predicted molar refractivity (Wildman–Crippen MR) is 119 cm³/mol. The third-order valence-corrected chi connectivity index (χ3v) is 6.32. The average Bonchev–Trinajstić information content (AvgIpc) is 2.78. The quantitative estimate of drug-likeness (QED) is 0.448. The van der Waals surface area contributed by atoms with E-state index >= 15 is 0 Å². The number of hydrogen-bond donors (Lipinski definition) is 0. The summed E-state index contributed by atoms with van der Waals surface area (Å²) in [5, 5.41) is 1.45. The van der Waals surface area contributed by atoms with Crippen LogP contribution in [0.2, 0.25) is 0 Å². The molecule has 1 saturated heterocycles. The molecule has 0 unspecified atom stereocenters. The largest absolute Gasteiger partial charge is 0.379 e. The molecule has 1 aliphatic heterocycles. The number of carbonyl (C=O) groups is 1. The highest BCUT2D eigenvalue weighted by molar-refractivity contribution is 8.00. The number of fused-ring (bicyclic) bond motifs is 1. The summed E-state index contributed by atoms with van der Waals surface area (Å²) in [6.45, 7) is 3.92. The van der Waals surface area contributed by atoms with Crippen LogP contribution in [0.5, 0.6) is 0 Å². The number of nitrogens with zero attached hydrogens (tertiary/aromatic N) is 4.